The number of carbonyl (C=O) groups is 1. The summed E-state index contributed by atoms with van der Waals surface area (Å²) in [7, 11) is 0. The fourth-order valence-corrected chi connectivity index (χ4v) is 2.56. The Morgan fingerprint density at radius 2 is 2.37 bits per heavy atom. The maximum absolute atomic E-state index is 11.9. The Hall–Kier alpha value is -1.66. The Balaban J connectivity index is 1.97. The van der Waals surface area contributed by atoms with Gasteiger partial charge in [-0.05, 0) is 38.0 Å². The summed E-state index contributed by atoms with van der Waals surface area (Å²) in [5.74, 6) is -0.112. The number of rotatable bonds is 5. The molecule has 1 heterocycles. The lowest BCUT2D eigenvalue weighted by atomic mass is 10.2. The predicted molar refractivity (Wildman–Crippen MR) is 77.3 cm³/mol. The Kier molecular flexibility index (Phi) is 4.34. The zero-order chi connectivity index (χ0) is 13.8. The van der Waals surface area contributed by atoms with Gasteiger partial charge in [0.25, 0.3) is 5.91 Å². The fourth-order valence-electron chi connectivity index (χ4n) is 1.79. The van der Waals surface area contributed by atoms with Crippen LogP contribution in [0.25, 0.3) is 10.2 Å². The largest absolute Gasteiger partial charge is 0.393 e. The minimum Gasteiger partial charge on any atom is -0.393 e. The van der Waals surface area contributed by atoms with E-state index in [2.05, 4.69) is 10.3 Å². The lowest BCUT2D eigenvalue weighted by Crippen LogP contribution is -2.24. The normalized spacial score (nSPS) is 12.5. The van der Waals surface area contributed by atoms with Crippen LogP contribution in [0.1, 0.15) is 30.1 Å². The molecular formula is C13H17N3O2S. The van der Waals surface area contributed by atoms with Crippen LogP contribution >= 0.6 is 11.3 Å². The highest BCUT2D eigenvalue weighted by molar-refractivity contribution is 7.22. The van der Waals surface area contributed by atoms with Gasteiger partial charge in [0.1, 0.15) is 0 Å². The SMILES string of the molecule is CC(O)CCCNC(=O)c1ccc2nc(N)sc2c1. The van der Waals surface area contributed by atoms with E-state index in [0.717, 1.165) is 16.6 Å². The minimum absolute atomic E-state index is 0.112. The zero-order valence-electron chi connectivity index (χ0n) is 10.7. The van der Waals surface area contributed by atoms with Gasteiger partial charge >= 0.3 is 0 Å². The predicted octanol–water partition coefficient (Wildman–Crippen LogP) is 1.77. The third-order valence-electron chi connectivity index (χ3n) is 2.75. The first-order valence-corrected chi connectivity index (χ1v) is 7.00. The van der Waals surface area contributed by atoms with E-state index in [1.807, 2.05) is 0 Å². The number of thiazole rings is 1. The molecule has 0 bridgehead atoms. The quantitative estimate of drug-likeness (QED) is 0.728. The van der Waals surface area contributed by atoms with Crippen LogP contribution in [0.3, 0.4) is 0 Å². The second-order valence-electron chi connectivity index (χ2n) is 4.48. The van der Waals surface area contributed by atoms with E-state index in [9.17, 15) is 4.79 Å². The van der Waals surface area contributed by atoms with Crippen LogP contribution in [0, 0.1) is 0 Å². The number of amides is 1. The van der Waals surface area contributed by atoms with E-state index in [0.29, 0.717) is 23.7 Å². The van der Waals surface area contributed by atoms with Crippen molar-refractivity contribution >= 4 is 32.6 Å². The molecule has 0 fully saturated rings. The summed E-state index contributed by atoms with van der Waals surface area (Å²) in [6, 6.07) is 5.34. The van der Waals surface area contributed by atoms with Crippen molar-refractivity contribution in [1.82, 2.24) is 10.3 Å². The van der Waals surface area contributed by atoms with Crippen LogP contribution in [0.5, 0.6) is 0 Å². The average Bonchev–Trinajstić information content (AvgIpc) is 2.73. The lowest BCUT2D eigenvalue weighted by Gasteiger charge is -2.06. The lowest BCUT2D eigenvalue weighted by molar-refractivity contribution is 0.0950. The number of aliphatic hydroxyl groups is 1. The van der Waals surface area contributed by atoms with E-state index < -0.39 is 0 Å². The number of carbonyl (C=O) groups excluding carboxylic acids is 1. The molecule has 0 saturated carbocycles. The third kappa shape index (κ3) is 3.65. The van der Waals surface area contributed by atoms with Gasteiger partial charge in [-0.15, -0.1) is 0 Å². The van der Waals surface area contributed by atoms with Crippen LogP contribution in [-0.2, 0) is 0 Å². The number of nitrogens with one attached hydrogen (secondary N) is 1. The Morgan fingerprint density at radius 3 is 3.11 bits per heavy atom. The van der Waals surface area contributed by atoms with Gasteiger partial charge in [-0.3, -0.25) is 4.79 Å². The number of nitrogens with two attached hydrogens (primary N) is 1. The Morgan fingerprint density at radius 1 is 1.58 bits per heavy atom. The van der Waals surface area contributed by atoms with Crippen LogP contribution in [0.4, 0.5) is 5.13 Å². The molecule has 0 aliphatic carbocycles. The molecule has 1 aromatic carbocycles. The highest BCUT2D eigenvalue weighted by Crippen LogP contribution is 2.24. The fraction of sp³-hybridized carbons (Fsp3) is 0.385. The molecule has 6 heteroatoms. The maximum Gasteiger partial charge on any atom is 0.251 e. The van der Waals surface area contributed by atoms with E-state index >= 15 is 0 Å². The van der Waals surface area contributed by atoms with Gasteiger partial charge in [0.15, 0.2) is 5.13 Å². The zero-order valence-corrected chi connectivity index (χ0v) is 11.5. The molecule has 5 nitrogen and oxygen atoms in total. The first-order chi connectivity index (χ1) is 9.06. The molecule has 19 heavy (non-hydrogen) atoms. The second-order valence-corrected chi connectivity index (χ2v) is 5.54. The summed E-state index contributed by atoms with van der Waals surface area (Å²) < 4.78 is 0.911. The van der Waals surface area contributed by atoms with Crippen molar-refractivity contribution < 1.29 is 9.90 Å². The molecule has 1 unspecified atom stereocenters. The first kappa shape index (κ1) is 13.8. The van der Waals surface area contributed by atoms with Crippen LogP contribution in [0.2, 0.25) is 0 Å². The first-order valence-electron chi connectivity index (χ1n) is 6.18. The standard InChI is InChI=1S/C13H17N3O2S/c1-8(17)3-2-6-15-12(18)9-4-5-10-11(7-9)19-13(14)16-10/h4-5,7-8,17H,2-3,6H2,1H3,(H2,14,16)(H,15,18). The van der Waals surface area contributed by atoms with E-state index in [-0.39, 0.29) is 12.0 Å². The smallest absolute Gasteiger partial charge is 0.251 e. The van der Waals surface area contributed by atoms with Crippen molar-refractivity contribution in [2.75, 3.05) is 12.3 Å². The van der Waals surface area contributed by atoms with Crippen molar-refractivity contribution in [3.8, 4) is 0 Å². The minimum atomic E-state index is -0.326. The molecule has 0 spiro atoms. The summed E-state index contributed by atoms with van der Waals surface area (Å²) in [6.45, 7) is 2.30. The molecule has 0 aliphatic rings. The van der Waals surface area contributed by atoms with Crippen molar-refractivity contribution in [3.05, 3.63) is 23.8 Å². The number of hydrogen-bond acceptors (Lipinski definition) is 5. The van der Waals surface area contributed by atoms with Gasteiger partial charge in [-0.1, -0.05) is 11.3 Å². The van der Waals surface area contributed by atoms with E-state index in [4.69, 9.17) is 10.8 Å². The highest BCUT2D eigenvalue weighted by Gasteiger charge is 2.08. The number of anilines is 1. The summed E-state index contributed by atoms with van der Waals surface area (Å²) in [6.07, 6.45) is 1.12. The van der Waals surface area contributed by atoms with Crippen LogP contribution < -0.4 is 11.1 Å². The summed E-state index contributed by atoms with van der Waals surface area (Å²) in [5, 5.41) is 12.5. The molecular weight excluding hydrogens is 262 g/mol. The van der Waals surface area contributed by atoms with Gasteiger partial charge in [0.2, 0.25) is 0 Å². The maximum atomic E-state index is 11.9. The third-order valence-corrected chi connectivity index (χ3v) is 3.60. The summed E-state index contributed by atoms with van der Waals surface area (Å²) >= 11 is 1.37. The number of hydrogen-bond donors (Lipinski definition) is 3. The monoisotopic (exact) mass is 279 g/mol. The molecule has 0 aliphatic heterocycles. The molecule has 2 aromatic rings. The number of fused-ring (bicyclic) bond motifs is 1. The Labute approximate surface area is 115 Å². The van der Waals surface area contributed by atoms with Crippen molar-refractivity contribution in [2.45, 2.75) is 25.9 Å². The molecule has 0 radical (unpaired) electrons. The van der Waals surface area contributed by atoms with Crippen molar-refractivity contribution in [1.29, 1.82) is 0 Å². The van der Waals surface area contributed by atoms with Crippen molar-refractivity contribution in [3.63, 3.8) is 0 Å². The highest BCUT2D eigenvalue weighted by atomic mass is 32.1. The number of nitrogens with zero attached hydrogens (tertiary/aromatic N) is 1. The molecule has 1 amide bonds. The number of nitrogen functional groups attached to an aromatic ring is 1. The van der Waals surface area contributed by atoms with Crippen LogP contribution in [0.15, 0.2) is 18.2 Å². The average molecular weight is 279 g/mol. The number of aliphatic hydroxyl groups excluding tert-OH is 1. The Bertz CT molecular complexity index is 580. The van der Waals surface area contributed by atoms with Gasteiger partial charge in [0.05, 0.1) is 16.3 Å². The second kappa shape index (κ2) is 5.99. The van der Waals surface area contributed by atoms with Gasteiger partial charge in [-0.25, -0.2) is 4.98 Å². The summed E-state index contributed by atoms with van der Waals surface area (Å²) in [4.78, 5) is 16.1. The van der Waals surface area contributed by atoms with Crippen molar-refractivity contribution in [2.24, 2.45) is 0 Å². The van der Waals surface area contributed by atoms with Gasteiger partial charge in [0, 0.05) is 12.1 Å². The summed E-state index contributed by atoms with van der Waals surface area (Å²) in [5.41, 5.74) is 7.04. The van der Waals surface area contributed by atoms with E-state index in [1.165, 1.54) is 11.3 Å². The van der Waals surface area contributed by atoms with Crippen LogP contribution in [-0.4, -0.2) is 28.6 Å². The molecule has 1 aromatic heterocycles. The molecule has 0 saturated heterocycles. The van der Waals surface area contributed by atoms with Gasteiger partial charge in [-0.2, -0.15) is 0 Å². The number of aromatic nitrogens is 1. The van der Waals surface area contributed by atoms with E-state index in [1.54, 1.807) is 25.1 Å². The molecule has 2 rings (SSSR count). The molecule has 4 N–H and O–H groups in total. The number of benzene rings is 1. The molecule has 1 atom stereocenters. The molecule has 102 valence electrons. The van der Waals surface area contributed by atoms with Gasteiger partial charge < -0.3 is 16.2 Å². The topological polar surface area (TPSA) is 88.2 Å².